The summed E-state index contributed by atoms with van der Waals surface area (Å²) in [4.78, 5) is 0. The Labute approximate surface area is 104 Å². The molecule has 1 N–H and O–H groups in total. The maximum Gasteiger partial charge on any atom is 0.235 e. The fraction of sp³-hybridized carbons (Fsp3) is 0.364. The van der Waals surface area contributed by atoms with Gasteiger partial charge in [0.15, 0.2) is 6.54 Å². The van der Waals surface area contributed by atoms with E-state index in [0.717, 1.165) is 0 Å². The number of rotatable bonds is 2. The van der Waals surface area contributed by atoms with Gasteiger partial charge in [-0.1, -0.05) is 17.4 Å². The lowest BCUT2D eigenvalue weighted by Gasteiger charge is -1.93. The molecule has 1 aromatic heterocycles. The number of benzene rings is 1. The lowest BCUT2D eigenvalue weighted by Crippen LogP contribution is -3.00. The van der Waals surface area contributed by atoms with E-state index in [-0.39, 0.29) is 23.6 Å². The SMILES string of the molecule is Cc1ccc2sc(C)[n+](CCO)c2c1.[Br-]. The minimum atomic E-state index is 0. The fourth-order valence-corrected chi connectivity index (χ4v) is 2.71. The Kier molecular flexibility index (Phi) is 4.25. The van der Waals surface area contributed by atoms with Gasteiger partial charge >= 0.3 is 0 Å². The van der Waals surface area contributed by atoms with Gasteiger partial charge in [0.25, 0.3) is 0 Å². The van der Waals surface area contributed by atoms with Crippen molar-refractivity contribution in [1.82, 2.24) is 0 Å². The molecule has 0 atom stereocenters. The van der Waals surface area contributed by atoms with Crippen LogP contribution in [0.25, 0.3) is 10.2 Å². The highest BCUT2D eigenvalue weighted by molar-refractivity contribution is 7.18. The number of thiazole rings is 1. The van der Waals surface area contributed by atoms with E-state index in [1.165, 1.54) is 20.8 Å². The third-order valence-electron chi connectivity index (χ3n) is 2.37. The zero-order valence-corrected chi connectivity index (χ0v) is 11.2. The standard InChI is InChI=1S/C11H14NOS.BrH/c1-8-3-4-11-10(7-8)12(5-6-13)9(2)14-11;/h3-4,7,13H,5-6H2,1-2H3;1H/q+1;/p-1. The van der Waals surface area contributed by atoms with E-state index in [0.29, 0.717) is 6.54 Å². The predicted octanol–water partition coefficient (Wildman–Crippen LogP) is -1.20. The number of nitrogens with zero attached hydrogens (tertiary/aromatic N) is 1. The molecular weight excluding hydrogens is 274 g/mol. The normalized spacial score (nSPS) is 10.3. The number of hydrogen-bond acceptors (Lipinski definition) is 2. The average molecular weight is 288 g/mol. The molecule has 0 saturated heterocycles. The van der Waals surface area contributed by atoms with E-state index in [9.17, 15) is 0 Å². The summed E-state index contributed by atoms with van der Waals surface area (Å²) in [6, 6.07) is 6.45. The monoisotopic (exact) mass is 287 g/mol. The molecule has 2 rings (SSSR count). The molecule has 0 radical (unpaired) electrons. The molecule has 15 heavy (non-hydrogen) atoms. The van der Waals surface area contributed by atoms with Crippen LogP contribution in [0.15, 0.2) is 18.2 Å². The molecule has 1 heterocycles. The van der Waals surface area contributed by atoms with Crippen molar-refractivity contribution in [2.45, 2.75) is 20.4 Å². The number of aromatic nitrogens is 1. The molecule has 1 aromatic carbocycles. The molecule has 0 bridgehead atoms. The molecule has 0 aliphatic heterocycles. The predicted molar refractivity (Wildman–Crippen MR) is 58.6 cm³/mol. The Morgan fingerprint density at radius 3 is 2.73 bits per heavy atom. The Morgan fingerprint density at radius 2 is 2.07 bits per heavy atom. The smallest absolute Gasteiger partial charge is 0.235 e. The first-order valence-corrected chi connectivity index (χ1v) is 5.54. The summed E-state index contributed by atoms with van der Waals surface area (Å²) in [5.41, 5.74) is 2.50. The lowest BCUT2D eigenvalue weighted by molar-refractivity contribution is -0.674. The number of aliphatic hydroxyl groups excluding tert-OH is 1. The van der Waals surface area contributed by atoms with E-state index in [4.69, 9.17) is 5.11 Å². The Bertz CT molecular complexity index is 467. The van der Waals surface area contributed by atoms with Gasteiger partial charge in [0.2, 0.25) is 10.5 Å². The number of fused-ring (bicyclic) bond motifs is 1. The number of hydrogen-bond donors (Lipinski definition) is 1. The summed E-state index contributed by atoms with van der Waals surface area (Å²) in [5.74, 6) is 0. The van der Waals surface area contributed by atoms with Gasteiger partial charge in [0.05, 0.1) is 0 Å². The van der Waals surface area contributed by atoms with E-state index in [1.807, 2.05) is 0 Å². The highest BCUT2D eigenvalue weighted by Crippen LogP contribution is 2.20. The van der Waals surface area contributed by atoms with Crippen molar-refractivity contribution in [2.24, 2.45) is 0 Å². The van der Waals surface area contributed by atoms with Crippen LogP contribution < -0.4 is 21.5 Å². The van der Waals surface area contributed by atoms with Gasteiger partial charge in [0.1, 0.15) is 11.3 Å². The van der Waals surface area contributed by atoms with Crippen LogP contribution in [0, 0.1) is 13.8 Å². The van der Waals surface area contributed by atoms with Crippen LogP contribution in [-0.4, -0.2) is 11.7 Å². The first-order valence-electron chi connectivity index (χ1n) is 4.73. The molecule has 0 aliphatic carbocycles. The molecule has 0 spiro atoms. The zero-order chi connectivity index (χ0) is 10.1. The third kappa shape index (κ3) is 2.38. The van der Waals surface area contributed by atoms with Crippen LogP contribution in [0.2, 0.25) is 0 Å². The minimum absolute atomic E-state index is 0. The molecule has 2 aromatic rings. The summed E-state index contributed by atoms with van der Waals surface area (Å²) >= 11 is 1.78. The van der Waals surface area contributed by atoms with Gasteiger partial charge in [0, 0.05) is 13.0 Å². The summed E-state index contributed by atoms with van der Waals surface area (Å²) in [6.07, 6.45) is 0. The molecule has 0 amide bonds. The fourth-order valence-electron chi connectivity index (χ4n) is 1.69. The quantitative estimate of drug-likeness (QED) is 0.690. The molecule has 82 valence electrons. The molecule has 2 nitrogen and oxygen atoms in total. The van der Waals surface area contributed by atoms with Crippen molar-refractivity contribution in [3.8, 4) is 0 Å². The lowest BCUT2D eigenvalue weighted by atomic mass is 10.2. The third-order valence-corrected chi connectivity index (χ3v) is 3.45. The number of halogens is 1. The molecule has 0 saturated carbocycles. The van der Waals surface area contributed by atoms with Crippen molar-refractivity contribution in [2.75, 3.05) is 6.61 Å². The van der Waals surface area contributed by atoms with E-state index in [1.54, 1.807) is 11.3 Å². The summed E-state index contributed by atoms with van der Waals surface area (Å²) < 4.78 is 3.47. The second-order valence-electron chi connectivity index (χ2n) is 3.47. The summed E-state index contributed by atoms with van der Waals surface area (Å²) in [5, 5.41) is 10.2. The highest BCUT2D eigenvalue weighted by Gasteiger charge is 2.15. The van der Waals surface area contributed by atoms with Crippen molar-refractivity contribution < 1.29 is 26.7 Å². The first-order chi connectivity index (χ1) is 6.72. The minimum Gasteiger partial charge on any atom is -1.00 e. The van der Waals surface area contributed by atoms with Crippen LogP contribution >= 0.6 is 11.3 Å². The van der Waals surface area contributed by atoms with Gasteiger partial charge in [-0.05, 0) is 18.6 Å². The average Bonchev–Trinajstić information content (AvgIpc) is 2.45. The second-order valence-corrected chi connectivity index (χ2v) is 4.70. The number of aliphatic hydroxyl groups is 1. The van der Waals surface area contributed by atoms with Crippen LogP contribution in [0.3, 0.4) is 0 Å². The van der Waals surface area contributed by atoms with Gasteiger partial charge in [-0.25, -0.2) is 0 Å². The van der Waals surface area contributed by atoms with Crippen LogP contribution in [0.5, 0.6) is 0 Å². The second kappa shape index (κ2) is 5.05. The molecule has 0 unspecified atom stereocenters. The van der Waals surface area contributed by atoms with E-state index in [2.05, 4.69) is 36.6 Å². The Hall–Kier alpha value is -0.450. The van der Waals surface area contributed by atoms with Gasteiger partial charge in [-0.3, -0.25) is 0 Å². The topological polar surface area (TPSA) is 24.1 Å². The van der Waals surface area contributed by atoms with Crippen molar-refractivity contribution in [1.29, 1.82) is 0 Å². The van der Waals surface area contributed by atoms with E-state index >= 15 is 0 Å². The van der Waals surface area contributed by atoms with E-state index < -0.39 is 0 Å². The van der Waals surface area contributed by atoms with Gasteiger partial charge < -0.3 is 22.1 Å². The molecule has 0 aliphatic rings. The van der Waals surface area contributed by atoms with Crippen LogP contribution in [0.4, 0.5) is 0 Å². The first kappa shape index (κ1) is 12.6. The summed E-state index contributed by atoms with van der Waals surface area (Å²) in [6.45, 7) is 5.08. The maximum absolute atomic E-state index is 8.98. The largest absolute Gasteiger partial charge is 1.00 e. The van der Waals surface area contributed by atoms with Gasteiger partial charge in [-0.2, -0.15) is 4.57 Å². The Balaban J connectivity index is 0.00000112. The molecule has 0 fully saturated rings. The van der Waals surface area contributed by atoms with Crippen molar-refractivity contribution in [3.05, 3.63) is 28.8 Å². The zero-order valence-electron chi connectivity index (χ0n) is 8.83. The number of aryl methyl sites for hydroxylation is 2. The van der Waals surface area contributed by atoms with Crippen molar-refractivity contribution >= 4 is 21.6 Å². The maximum atomic E-state index is 8.98. The molecular formula is C11H14BrNOS. The van der Waals surface area contributed by atoms with Crippen LogP contribution in [-0.2, 0) is 6.54 Å². The van der Waals surface area contributed by atoms with Crippen LogP contribution in [0.1, 0.15) is 10.6 Å². The Morgan fingerprint density at radius 1 is 1.33 bits per heavy atom. The highest BCUT2D eigenvalue weighted by atomic mass is 79.9. The van der Waals surface area contributed by atoms with Crippen molar-refractivity contribution in [3.63, 3.8) is 0 Å². The summed E-state index contributed by atoms with van der Waals surface area (Å²) in [7, 11) is 0. The molecule has 4 heteroatoms. The van der Waals surface area contributed by atoms with Gasteiger partial charge in [-0.15, -0.1) is 0 Å².